The van der Waals surface area contributed by atoms with Crippen molar-refractivity contribution in [3.05, 3.63) is 10.6 Å². The van der Waals surface area contributed by atoms with Crippen LogP contribution in [0, 0.1) is 0 Å². The maximum Gasteiger partial charge on any atom is 0.312 e. The third-order valence-corrected chi connectivity index (χ3v) is 5.12. The third kappa shape index (κ3) is 2.76. The number of carboxylic acid groups (broad SMARTS) is 1. The number of aromatic nitrogens is 1. The van der Waals surface area contributed by atoms with E-state index in [1.807, 2.05) is 0 Å². The van der Waals surface area contributed by atoms with Crippen LogP contribution < -0.4 is 4.90 Å². The maximum atomic E-state index is 11.3. The van der Waals surface area contributed by atoms with E-state index in [-0.39, 0.29) is 0 Å². The van der Waals surface area contributed by atoms with E-state index in [4.69, 9.17) is 0 Å². The first-order chi connectivity index (χ1) is 9.08. The van der Waals surface area contributed by atoms with Crippen LogP contribution in [0.5, 0.6) is 0 Å². The molecule has 0 saturated carbocycles. The van der Waals surface area contributed by atoms with Gasteiger partial charge in [-0.3, -0.25) is 4.79 Å². The monoisotopic (exact) mass is 282 g/mol. The van der Waals surface area contributed by atoms with Gasteiger partial charge < -0.3 is 10.0 Å². The maximum absolute atomic E-state index is 11.3. The lowest BCUT2D eigenvalue weighted by Crippen LogP contribution is -2.32. The van der Waals surface area contributed by atoms with Crippen molar-refractivity contribution in [3.8, 4) is 0 Å². The molecule has 2 rings (SSSR count). The first-order valence-corrected chi connectivity index (χ1v) is 7.89. The van der Waals surface area contributed by atoms with Gasteiger partial charge in [-0.2, -0.15) is 0 Å². The summed E-state index contributed by atoms with van der Waals surface area (Å²) in [7, 11) is 0. The van der Waals surface area contributed by atoms with Gasteiger partial charge in [-0.25, -0.2) is 4.98 Å². The second kappa shape index (κ2) is 5.90. The van der Waals surface area contributed by atoms with Crippen LogP contribution in [0.1, 0.15) is 56.5 Å². The Bertz CT molecular complexity index is 458. The Morgan fingerprint density at radius 3 is 2.89 bits per heavy atom. The fourth-order valence-corrected chi connectivity index (χ4v) is 3.95. The summed E-state index contributed by atoms with van der Waals surface area (Å²) in [6.45, 7) is 7.40. The number of hydrogen-bond donors (Lipinski definition) is 1. The zero-order valence-electron chi connectivity index (χ0n) is 11.8. The quantitative estimate of drug-likeness (QED) is 0.900. The van der Waals surface area contributed by atoms with Crippen molar-refractivity contribution >= 4 is 22.4 Å². The molecular weight excluding hydrogens is 260 g/mol. The number of anilines is 1. The molecule has 1 aromatic heterocycles. The van der Waals surface area contributed by atoms with Gasteiger partial charge in [0.25, 0.3) is 0 Å². The standard InChI is InChI=1S/C14H22N2O2S/c1-4-9(3)16(5-2)14-15-12-10(13(17)18)7-6-8-11(12)19-14/h9-10H,4-8H2,1-3H3,(H,17,18). The number of carbonyl (C=O) groups is 1. The molecule has 0 fully saturated rings. The molecule has 2 unspecified atom stereocenters. The van der Waals surface area contributed by atoms with Crippen molar-refractivity contribution in [1.29, 1.82) is 0 Å². The zero-order chi connectivity index (χ0) is 14.0. The Morgan fingerprint density at radius 2 is 2.32 bits per heavy atom. The summed E-state index contributed by atoms with van der Waals surface area (Å²) in [5, 5.41) is 10.3. The predicted molar refractivity (Wildman–Crippen MR) is 78.2 cm³/mol. The Morgan fingerprint density at radius 1 is 1.58 bits per heavy atom. The van der Waals surface area contributed by atoms with Crippen molar-refractivity contribution in [2.24, 2.45) is 0 Å². The molecule has 1 aliphatic carbocycles. The first kappa shape index (κ1) is 14.3. The van der Waals surface area contributed by atoms with Gasteiger partial charge in [-0.1, -0.05) is 6.92 Å². The Labute approximate surface area is 118 Å². The Kier molecular flexibility index (Phi) is 4.45. The first-order valence-electron chi connectivity index (χ1n) is 7.07. The van der Waals surface area contributed by atoms with Gasteiger partial charge in [-0.05, 0) is 39.5 Å². The van der Waals surface area contributed by atoms with E-state index in [0.29, 0.717) is 6.04 Å². The molecule has 0 amide bonds. The van der Waals surface area contributed by atoms with Crippen molar-refractivity contribution in [3.63, 3.8) is 0 Å². The topological polar surface area (TPSA) is 53.4 Å². The zero-order valence-corrected chi connectivity index (χ0v) is 12.7. The fourth-order valence-electron chi connectivity index (χ4n) is 2.62. The molecule has 0 aliphatic heterocycles. The number of nitrogens with zero attached hydrogens (tertiary/aromatic N) is 2. The SMILES string of the molecule is CCC(C)N(CC)c1nc2c(s1)CCCC2C(=O)O. The molecule has 1 heterocycles. The molecule has 0 spiro atoms. The summed E-state index contributed by atoms with van der Waals surface area (Å²) < 4.78 is 0. The van der Waals surface area contributed by atoms with Crippen LogP contribution in [-0.2, 0) is 11.2 Å². The summed E-state index contributed by atoms with van der Waals surface area (Å²) in [6, 6.07) is 0.445. The van der Waals surface area contributed by atoms with Crippen molar-refractivity contribution in [2.45, 2.75) is 58.4 Å². The molecule has 0 aromatic carbocycles. The number of aryl methyl sites for hydroxylation is 1. The van der Waals surface area contributed by atoms with Gasteiger partial charge in [-0.15, -0.1) is 11.3 Å². The number of aliphatic carboxylic acids is 1. The predicted octanol–water partition coefficient (Wildman–Crippen LogP) is 3.27. The van der Waals surface area contributed by atoms with Gasteiger partial charge >= 0.3 is 5.97 Å². The summed E-state index contributed by atoms with van der Waals surface area (Å²) in [5.74, 6) is -1.13. The lowest BCUT2D eigenvalue weighted by atomic mass is 9.91. The van der Waals surface area contributed by atoms with Crippen LogP contribution in [0.15, 0.2) is 0 Å². The highest BCUT2D eigenvalue weighted by molar-refractivity contribution is 7.15. The van der Waals surface area contributed by atoms with Crippen LogP contribution >= 0.6 is 11.3 Å². The van der Waals surface area contributed by atoms with E-state index >= 15 is 0 Å². The van der Waals surface area contributed by atoms with E-state index in [0.717, 1.165) is 43.1 Å². The minimum atomic E-state index is -0.732. The van der Waals surface area contributed by atoms with Crippen LogP contribution in [0.4, 0.5) is 5.13 Å². The summed E-state index contributed by atoms with van der Waals surface area (Å²) >= 11 is 1.68. The molecule has 5 heteroatoms. The molecular formula is C14H22N2O2S. The molecule has 1 aromatic rings. The average Bonchev–Trinajstić information content (AvgIpc) is 2.82. The van der Waals surface area contributed by atoms with Gasteiger partial charge in [0, 0.05) is 17.5 Å². The third-order valence-electron chi connectivity index (χ3n) is 3.95. The number of thiazole rings is 1. The molecule has 1 N–H and O–H groups in total. The van der Waals surface area contributed by atoms with Crippen molar-refractivity contribution < 1.29 is 9.90 Å². The van der Waals surface area contributed by atoms with Crippen LogP contribution in [-0.4, -0.2) is 28.6 Å². The van der Waals surface area contributed by atoms with Crippen LogP contribution in [0.25, 0.3) is 0 Å². The van der Waals surface area contributed by atoms with Crippen LogP contribution in [0.3, 0.4) is 0 Å². The van der Waals surface area contributed by atoms with Gasteiger partial charge in [0.15, 0.2) is 5.13 Å². The minimum Gasteiger partial charge on any atom is -0.481 e. The summed E-state index contributed by atoms with van der Waals surface area (Å²) in [4.78, 5) is 19.4. The molecule has 0 bridgehead atoms. The van der Waals surface area contributed by atoms with Gasteiger partial charge in [0.05, 0.1) is 5.69 Å². The number of hydrogen-bond acceptors (Lipinski definition) is 4. The highest BCUT2D eigenvalue weighted by atomic mass is 32.1. The lowest BCUT2D eigenvalue weighted by molar-refractivity contribution is -0.139. The second-order valence-corrected chi connectivity index (χ2v) is 6.19. The number of rotatable bonds is 5. The average molecular weight is 282 g/mol. The summed E-state index contributed by atoms with van der Waals surface area (Å²) in [6.07, 6.45) is 3.73. The smallest absolute Gasteiger partial charge is 0.312 e. The summed E-state index contributed by atoms with van der Waals surface area (Å²) in [5.41, 5.74) is 0.820. The number of carboxylic acids is 1. The van der Waals surface area contributed by atoms with E-state index in [2.05, 4.69) is 30.7 Å². The van der Waals surface area contributed by atoms with Gasteiger partial charge in [0.2, 0.25) is 0 Å². The Hall–Kier alpha value is -1.10. The van der Waals surface area contributed by atoms with Crippen LogP contribution in [0.2, 0.25) is 0 Å². The van der Waals surface area contributed by atoms with Gasteiger partial charge in [0.1, 0.15) is 5.92 Å². The Balaban J connectivity index is 2.32. The normalized spacial score (nSPS) is 19.8. The van der Waals surface area contributed by atoms with E-state index in [1.54, 1.807) is 11.3 Å². The molecule has 4 nitrogen and oxygen atoms in total. The number of fused-ring (bicyclic) bond motifs is 1. The molecule has 2 atom stereocenters. The largest absolute Gasteiger partial charge is 0.481 e. The lowest BCUT2D eigenvalue weighted by Gasteiger charge is -2.26. The van der Waals surface area contributed by atoms with E-state index in [9.17, 15) is 9.90 Å². The molecule has 106 valence electrons. The van der Waals surface area contributed by atoms with Crippen molar-refractivity contribution in [1.82, 2.24) is 4.98 Å². The fraction of sp³-hybridized carbons (Fsp3) is 0.714. The molecule has 1 aliphatic rings. The highest BCUT2D eigenvalue weighted by Gasteiger charge is 2.31. The molecule has 0 saturated heterocycles. The second-order valence-electron chi connectivity index (χ2n) is 5.13. The molecule has 0 radical (unpaired) electrons. The van der Waals surface area contributed by atoms with E-state index in [1.165, 1.54) is 4.88 Å². The molecule has 19 heavy (non-hydrogen) atoms. The highest BCUT2D eigenvalue weighted by Crippen LogP contribution is 2.38. The minimum absolute atomic E-state index is 0.399. The van der Waals surface area contributed by atoms with E-state index < -0.39 is 11.9 Å². The van der Waals surface area contributed by atoms with Crippen molar-refractivity contribution in [2.75, 3.05) is 11.4 Å².